The highest BCUT2D eigenvalue weighted by molar-refractivity contribution is 7.13. The SMILES string of the molecule is Cc1ccc(C(=O)N2CCN(C(=O)c3cccc(CN4CCOCC4)c3)CC2)s1. The van der Waals surface area contributed by atoms with Crippen LogP contribution in [0.15, 0.2) is 36.4 Å². The molecule has 4 rings (SSSR count). The number of benzene rings is 1. The topological polar surface area (TPSA) is 53.1 Å². The summed E-state index contributed by atoms with van der Waals surface area (Å²) in [5.74, 6) is 0.121. The number of morpholine rings is 1. The van der Waals surface area contributed by atoms with Gasteiger partial charge < -0.3 is 14.5 Å². The molecule has 0 aliphatic carbocycles. The van der Waals surface area contributed by atoms with Crippen LogP contribution in [0.25, 0.3) is 0 Å². The quantitative estimate of drug-likeness (QED) is 0.773. The van der Waals surface area contributed by atoms with Crippen molar-refractivity contribution in [2.75, 3.05) is 52.5 Å². The number of hydrogen-bond donors (Lipinski definition) is 0. The fourth-order valence-electron chi connectivity index (χ4n) is 3.82. The Balaban J connectivity index is 1.34. The molecule has 0 radical (unpaired) electrons. The molecule has 1 aromatic heterocycles. The van der Waals surface area contributed by atoms with Crippen LogP contribution in [0.3, 0.4) is 0 Å². The van der Waals surface area contributed by atoms with Crippen LogP contribution in [0.5, 0.6) is 0 Å². The van der Waals surface area contributed by atoms with E-state index in [1.165, 1.54) is 11.3 Å². The predicted molar refractivity (Wildman–Crippen MR) is 113 cm³/mol. The fraction of sp³-hybridized carbons (Fsp3) is 0.455. The lowest BCUT2D eigenvalue weighted by Gasteiger charge is -2.34. The Kier molecular flexibility index (Phi) is 6.28. The lowest BCUT2D eigenvalue weighted by atomic mass is 10.1. The first-order valence-corrected chi connectivity index (χ1v) is 11.0. The standard InChI is InChI=1S/C22H27N3O3S/c1-17-5-6-20(29-17)22(27)25-9-7-24(8-10-25)21(26)19-4-2-3-18(15-19)16-23-11-13-28-14-12-23/h2-6,15H,7-14,16H2,1H3. The number of carbonyl (C=O) groups excluding carboxylic acids is 2. The van der Waals surface area contributed by atoms with Gasteiger partial charge in [0.15, 0.2) is 0 Å². The highest BCUT2D eigenvalue weighted by Gasteiger charge is 2.26. The number of aryl methyl sites for hydroxylation is 1. The highest BCUT2D eigenvalue weighted by atomic mass is 32.1. The van der Waals surface area contributed by atoms with Crippen LogP contribution in [-0.4, -0.2) is 79.0 Å². The maximum absolute atomic E-state index is 13.0. The van der Waals surface area contributed by atoms with Crippen molar-refractivity contribution in [1.82, 2.24) is 14.7 Å². The minimum atomic E-state index is 0.0490. The molecule has 6 nitrogen and oxygen atoms in total. The lowest BCUT2D eigenvalue weighted by molar-refractivity contribution is 0.0341. The molecule has 3 heterocycles. The second-order valence-electron chi connectivity index (χ2n) is 7.58. The molecule has 2 saturated heterocycles. The van der Waals surface area contributed by atoms with Crippen molar-refractivity contribution < 1.29 is 14.3 Å². The van der Waals surface area contributed by atoms with Gasteiger partial charge in [-0.2, -0.15) is 0 Å². The van der Waals surface area contributed by atoms with E-state index in [0.717, 1.165) is 53.7 Å². The van der Waals surface area contributed by atoms with E-state index in [-0.39, 0.29) is 11.8 Å². The lowest BCUT2D eigenvalue weighted by Crippen LogP contribution is -2.50. The van der Waals surface area contributed by atoms with Crippen LogP contribution in [0.4, 0.5) is 0 Å². The van der Waals surface area contributed by atoms with E-state index in [1.807, 2.05) is 47.1 Å². The van der Waals surface area contributed by atoms with E-state index >= 15 is 0 Å². The Labute approximate surface area is 175 Å². The number of ether oxygens (including phenoxy) is 1. The number of amides is 2. The van der Waals surface area contributed by atoms with Crippen molar-refractivity contribution in [2.45, 2.75) is 13.5 Å². The summed E-state index contributed by atoms with van der Waals surface area (Å²) in [6, 6.07) is 11.8. The largest absolute Gasteiger partial charge is 0.379 e. The third kappa shape index (κ3) is 4.86. The van der Waals surface area contributed by atoms with Gasteiger partial charge in [-0.15, -0.1) is 11.3 Å². The van der Waals surface area contributed by atoms with E-state index in [1.54, 1.807) is 0 Å². The van der Waals surface area contributed by atoms with Gasteiger partial charge >= 0.3 is 0 Å². The predicted octanol–water partition coefficient (Wildman–Crippen LogP) is 2.49. The van der Waals surface area contributed by atoms with Crippen LogP contribution >= 0.6 is 11.3 Å². The molecule has 0 atom stereocenters. The van der Waals surface area contributed by atoms with E-state index in [9.17, 15) is 9.59 Å². The van der Waals surface area contributed by atoms with Gasteiger partial charge in [-0.05, 0) is 36.8 Å². The summed E-state index contributed by atoms with van der Waals surface area (Å²) in [4.78, 5) is 33.6. The van der Waals surface area contributed by atoms with Gasteiger partial charge in [-0.3, -0.25) is 14.5 Å². The molecular weight excluding hydrogens is 386 g/mol. The van der Waals surface area contributed by atoms with E-state index in [0.29, 0.717) is 26.2 Å². The summed E-state index contributed by atoms with van der Waals surface area (Å²) in [7, 11) is 0. The van der Waals surface area contributed by atoms with Gasteiger partial charge in [0.05, 0.1) is 18.1 Å². The number of thiophene rings is 1. The molecule has 2 aliphatic heterocycles. The summed E-state index contributed by atoms with van der Waals surface area (Å²) >= 11 is 1.53. The van der Waals surface area contributed by atoms with Gasteiger partial charge in [-0.25, -0.2) is 0 Å². The molecule has 2 aromatic rings. The molecule has 0 N–H and O–H groups in total. The Bertz CT molecular complexity index is 868. The number of piperazine rings is 1. The second kappa shape index (κ2) is 9.07. The normalized spacial score (nSPS) is 18.1. The van der Waals surface area contributed by atoms with Crippen LogP contribution < -0.4 is 0 Å². The molecular formula is C22H27N3O3S. The summed E-state index contributed by atoms with van der Waals surface area (Å²) < 4.78 is 5.40. The molecule has 29 heavy (non-hydrogen) atoms. The minimum absolute atomic E-state index is 0.0490. The van der Waals surface area contributed by atoms with Crippen molar-refractivity contribution in [1.29, 1.82) is 0 Å². The van der Waals surface area contributed by atoms with Crippen molar-refractivity contribution in [2.24, 2.45) is 0 Å². The number of rotatable bonds is 4. The molecule has 0 saturated carbocycles. The number of nitrogens with zero attached hydrogens (tertiary/aromatic N) is 3. The van der Waals surface area contributed by atoms with Gasteiger partial charge in [0, 0.05) is 56.3 Å². The summed E-state index contributed by atoms with van der Waals surface area (Å²) in [5, 5.41) is 0. The average Bonchev–Trinajstić information content (AvgIpc) is 3.20. The monoisotopic (exact) mass is 413 g/mol. The average molecular weight is 414 g/mol. The molecule has 1 aromatic carbocycles. The molecule has 0 spiro atoms. The van der Waals surface area contributed by atoms with E-state index in [2.05, 4.69) is 11.0 Å². The molecule has 2 fully saturated rings. The number of carbonyl (C=O) groups is 2. The molecule has 0 unspecified atom stereocenters. The van der Waals surface area contributed by atoms with Crippen molar-refractivity contribution in [3.8, 4) is 0 Å². The first-order valence-electron chi connectivity index (χ1n) is 10.1. The molecule has 0 bridgehead atoms. The first kappa shape index (κ1) is 20.1. The zero-order chi connectivity index (χ0) is 20.2. The summed E-state index contributed by atoms with van der Waals surface area (Å²) in [6.07, 6.45) is 0. The van der Waals surface area contributed by atoms with Gasteiger partial charge in [0.2, 0.25) is 0 Å². The maximum Gasteiger partial charge on any atom is 0.264 e. The zero-order valence-corrected chi connectivity index (χ0v) is 17.6. The fourth-order valence-corrected chi connectivity index (χ4v) is 4.66. The van der Waals surface area contributed by atoms with Gasteiger partial charge in [0.25, 0.3) is 11.8 Å². The molecule has 2 amide bonds. The zero-order valence-electron chi connectivity index (χ0n) is 16.8. The Morgan fingerprint density at radius 1 is 0.931 bits per heavy atom. The smallest absolute Gasteiger partial charge is 0.264 e. The van der Waals surface area contributed by atoms with Crippen molar-refractivity contribution in [3.05, 3.63) is 57.3 Å². The Morgan fingerprint density at radius 2 is 1.62 bits per heavy atom. The second-order valence-corrected chi connectivity index (χ2v) is 8.87. The molecule has 7 heteroatoms. The van der Waals surface area contributed by atoms with Crippen LogP contribution in [-0.2, 0) is 11.3 Å². The van der Waals surface area contributed by atoms with Gasteiger partial charge in [0.1, 0.15) is 0 Å². The third-order valence-electron chi connectivity index (χ3n) is 5.49. The summed E-state index contributed by atoms with van der Waals surface area (Å²) in [5.41, 5.74) is 1.88. The number of hydrogen-bond acceptors (Lipinski definition) is 5. The Morgan fingerprint density at radius 3 is 2.28 bits per heavy atom. The summed E-state index contributed by atoms with van der Waals surface area (Å²) in [6.45, 7) is 8.54. The minimum Gasteiger partial charge on any atom is -0.379 e. The van der Waals surface area contributed by atoms with E-state index in [4.69, 9.17) is 4.74 Å². The maximum atomic E-state index is 13.0. The first-order chi connectivity index (χ1) is 14.1. The van der Waals surface area contributed by atoms with Crippen LogP contribution in [0.1, 0.15) is 30.5 Å². The van der Waals surface area contributed by atoms with Gasteiger partial charge in [-0.1, -0.05) is 12.1 Å². The van der Waals surface area contributed by atoms with Crippen molar-refractivity contribution in [3.63, 3.8) is 0 Å². The Hall–Kier alpha value is -2.22. The highest BCUT2D eigenvalue weighted by Crippen LogP contribution is 2.19. The third-order valence-corrected chi connectivity index (χ3v) is 6.48. The van der Waals surface area contributed by atoms with E-state index < -0.39 is 0 Å². The molecule has 2 aliphatic rings. The van der Waals surface area contributed by atoms with Crippen LogP contribution in [0, 0.1) is 6.92 Å². The molecule has 154 valence electrons. The van der Waals surface area contributed by atoms with Crippen molar-refractivity contribution >= 4 is 23.2 Å². The van der Waals surface area contributed by atoms with Crippen LogP contribution in [0.2, 0.25) is 0 Å².